The first-order chi connectivity index (χ1) is 11.0. The number of hydrogen-bond donors (Lipinski definition) is 0. The van der Waals surface area contributed by atoms with E-state index in [9.17, 15) is 14.9 Å². The number of carbonyl (C=O) groups excluding carboxylic acids is 1. The van der Waals surface area contributed by atoms with Crippen molar-refractivity contribution in [1.29, 1.82) is 0 Å². The Morgan fingerprint density at radius 1 is 1.26 bits per heavy atom. The third kappa shape index (κ3) is 2.87. The average Bonchev–Trinajstić information content (AvgIpc) is 2.82. The second-order valence-electron chi connectivity index (χ2n) is 5.12. The van der Waals surface area contributed by atoms with Crippen LogP contribution in [0.5, 0.6) is 0 Å². The summed E-state index contributed by atoms with van der Waals surface area (Å²) < 4.78 is 1.30. The quantitative estimate of drug-likeness (QED) is 0.515. The molecule has 3 rings (SSSR count). The van der Waals surface area contributed by atoms with Crippen molar-refractivity contribution >= 4 is 38.4 Å². The topological polar surface area (TPSA) is 78.0 Å². The van der Waals surface area contributed by atoms with Gasteiger partial charge in [0.25, 0.3) is 0 Å². The highest BCUT2D eigenvalue weighted by atomic mass is 79.9. The number of imidazole rings is 1. The molecular formula is C16H12BrN3O3. The van der Waals surface area contributed by atoms with Gasteiger partial charge in [-0.15, -0.1) is 0 Å². The molecule has 0 unspecified atom stereocenters. The highest BCUT2D eigenvalue weighted by Gasteiger charge is 2.27. The molecule has 23 heavy (non-hydrogen) atoms. The number of carbonyl (C=O) groups is 1. The van der Waals surface area contributed by atoms with Crippen LogP contribution in [-0.2, 0) is 6.42 Å². The van der Waals surface area contributed by atoms with Gasteiger partial charge < -0.3 is 10.1 Å². The van der Waals surface area contributed by atoms with Gasteiger partial charge in [-0.25, -0.2) is 4.57 Å². The Balaban J connectivity index is 1.93. The monoisotopic (exact) mass is 373 g/mol. The summed E-state index contributed by atoms with van der Waals surface area (Å²) in [6.07, 6.45) is 0.137. The van der Waals surface area contributed by atoms with Gasteiger partial charge in [0.2, 0.25) is 11.7 Å². The van der Waals surface area contributed by atoms with E-state index in [1.165, 1.54) is 4.57 Å². The van der Waals surface area contributed by atoms with Crippen molar-refractivity contribution in [2.75, 3.05) is 0 Å². The molecular weight excluding hydrogens is 362 g/mol. The maximum Gasteiger partial charge on any atom is 0.397 e. The summed E-state index contributed by atoms with van der Waals surface area (Å²) in [5, 5.41) is 13.0. The highest BCUT2D eigenvalue weighted by molar-refractivity contribution is 9.10. The van der Waals surface area contributed by atoms with Gasteiger partial charge in [-0.05, 0) is 42.2 Å². The zero-order valence-electron chi connectivity index (χ0n) is 12.2. The molecule has 0 aliphatic carbocycles. The van der Waals surface area contributed by atoms with Gasteiger partial charge in [0.05, 0.1) is 6.42 Å². The molecule has 116 valence electrons. The summed E-state index contributed by atoms with van der Waals surface area (Å²) in [5.74, 6) is -0.339. The summed E-state index contributed by atoms with van der Waals surface area (Å²) in [5.41, 5.74) is 0.844. The van der Waals surface area contributed by atoms with Crippen LogP contribution >= 0.6 is 15.9 Å². The fraction of sp³-hybridized carbons (Fsp3) is 0.125. The smallest absolute Gasteiger partial charge is 0.358 e. The maximum absolute atomic E-state index is 12.5. The molecule has 2 aromatic carbocycles. The number of hydrogen-bond acceptors (Lipinski definition) is 4. The maximum atomic E-state index is 12.5. The molecule has 0 aliphatic heterocycles. The number of rotatable bonds is 3. The summed E-state index contributed by atoms with van der Waals surface area (Å²) in [6, 6.07) is 13.7. The highest BCUT2D eigenvalue weighted by Crippen LogP contribution is 2.26. The standard InChI is InChI=1S/C16H12BrN3O3/c1-10-18-16(20(22)23)15(17)19(10)14(21)9-11-6-7-12-4-2-3-5-13(12)8-11/h2-8H,9H2,1H3. The predicted molar refractivity (Wildman–Crippen MR) is 89.6 cm³/mol. The summed E-state index contributed by atoms with van der Waals surface area (Å²) in [6.45, 7) is 1.57. The van der Waals surface area contributed by atoms with Crippen LogP contribution in [0.4, 0.5) is 5.82 Å². The Morgan fingerprint density at radius 3 is 2.61 bits per heavy atom. The minimum absolute atomic E-state index is 0.0748. The van der Waals surface area contributed by atoms with Crippen LogP contribution < -0.4 is 0 Å². The molecule has 1 heterocycles. The summed E-state index contributed by atoms with van der Waals surface area (Å²) in [7, 11) is 0. The van der Waals surface area contributed by atoms with Crippen LogP contribution in [0, 0.1) is 17.0 Å². The molecule has 3 aromatic rings. The van der Waals surface area contributed by atoms with Crippen molar-refractivity contribution < 1.29 is 9.72 Å². The summed E-state index contributed by atoms with van der Waals surface area (Å²) >= 11 is 3.09. The SMILES string of the molecule is Cc1nc([N+](=O)[O-])c(Br)n1C(=O)Cc1ccc2ccccc2c1. The van der Waals surface area contributed by atoms with E-state index in [4.69, 9.17) is 0 Å². The van der Waals surface area contributed by atoms with E-state index in [1.807, 2.05) is 42.5 Å². The second kappa shape index (κ2) is 5.92. The number of halogens is 1. The Labute approximate surface area is 140 Å². The van der Waals surface area contributed by atoms with E-state index in [1.54, 1.807) is 6.92 Å². The molecule has 0 N–H and O–H groups in total. The van der Waals surface area contributed by atoms with E-state index in [0.29, 0.717) is 0 Å². The van der Waals surface area contributed by atoms with Gasteiger partial charge in [-0.2, -0.15) is 0 Å². The minimum atomic E-state index is -0.614. The Bertz CT molecular complexity index is 933. The molecule has 0 radical (unpaired) electrons. The number of aromatic nitrogens is 2. The molecule has 0 fully saturated rings. The Morgan fingerprint density at radius 2 is 1.96 bits per heavy atom. The minimum Gasteiger partial charge on any atom is -0.358 e. The molecule has 0 bridgehead atoms. The molecule has 0 saturated carbocycles. The van der Waals surface area contributed by atoms with Crippen molar-refractivity contribution in [3.05, 3.63) is 68.6 Å². The third-order valence-electron chi connectivity index (χ3n) is 3.56. The molecule has 7 heteroatoms. The Kier molecular flexibility index (Phi) is 3.96. The Hall–Kier alpha value is -2.54. The third-order valence-corrected chi connectivity index (χ3v) is 4.27. The van der Waals surface area contributed by atoms with Crippen LogP contribution in [0.25, 0.3) is 10.8 Å². The van der Waals surface area contributed by atoms with Crippen molar-refractivity contribution in [1.82, 2.24) is 9.55 Å². The fourth-order valence-electron chi connectivity index (χ4n) is 2.50. The molecule has 0 spiro atoms. The van der Waals surface area contributed by atoms with Crippen LogP contribution in [-0.4, -0.2) is 20.4 Å². The lowest BCUT2D eigenvalue weighted by Crippen LogP contribution is -2.15. The van der Waals surface area contributed by atoms with E-state index in [2.05, 4.69) is 20.9 Å². The van der Waals surface area contributed by atoms with Crippen molar-refractivity contribution in [2.45, 2.75) is 13.3 Å². The summed E-state index contributed by atoms with van der Waals surface area (Å²) in [4.78, 5) is 26.6. The van der Waals surface area contributed by atoms with Crippen molar-refractivity contribution in [2.24, 2.45) is 0 Å². The molecule has 0 amide bonds. The van der Waals surface area contributed by atoms with E-state index >= 15 is 0 Å². The number of aryl methyl sites for hydroxylation is 1. The zero-order chi connectivity index (χ0) is 16.6. The van der Waals surface area contributed by atoms with E-state index < -0.39 is 4.92 Å². The number of nitrogens with zero attached hydrogens (tertiary/aromatic N) is 3. The zero-order valence-corrected chi connectivity index (χ0v) is 13.8. The van der Waals surface area contributed by atoms with Crippen LogP contribution in [0.1, 0.15) is 16.2 Å². The lowest BCUT2D eigenvalue weighted by molar-refractivity contribution is -0.390. The normalized spacial score (nSPS) is 10.9. The van der Waals surface area contributed by atoms with Gasteiger partial charge in [0.15, 0.2) is 4.60 Å². The largest absolute Gasteiger partial charge is 0.397 e. The molecule has 0 atom stereocenters. The first kappa shape index (κ1) is 15.4. The average molecular weight is 374 g/mol. The van der Waals surface area contributed by atoms with Gasteiger partial charge in [0.1, 0.15) is 0 Å². The number of fused-ring (bicyclic) bond motifs is 1. The van der Waals surface area contributed by atoms with Gasteiger partial charge in [0, 0.05) is 6.92 Å². The number of benzene rings is 2. The van der Waals surface area contributed by atoms with Crippen LogP contribution in [0.3, 0.4) is 0 Å². The molecule has 0 aliphatic rings. The van der Waals surface area contributed by atoms with Crippen LogP contribution in [0.2, 0.25) is 0 Å². The van der Waals surface area contributed by atoms with Gasteiger partial charge in [-0.3, -0.25) is 4.79 Å². The number of nitro groups is 1. The van der Waals surface area contributed by atoms with Crippen molar-refractivity contribution in [3.63, 3.8) is 0 Å². The first-order valence-corrected chi connectivity index (χ1v) is 7.67. The van der Waals surface area contributed by atoms with Gasteiger partial charge >= 0.3 is 5.82 Å². The van der Waals surface area contributed by atoms with Crippen LogP contribution in [0.15, 0.2) is 47.1 Å². The van der Waals surface area contributed by atoms with Crippen molar-refractivity contribution in [3.8, 4) is 0 Å². The fourth-order valence-corrected chi connectivity index (χ4v) is 3.19. The van der Waals surface area contributed by atoms with Gasteiger partial charge in [-0.1, -0.05) is 42.5 Å². The predicted octanol–water partition coefficient (Wildman–Crippen LogP) is 3.90. The molecule has 6 nitrogen and oxygen atoms in total. The molecule has 0 saturated heterocycles. The lowest BCUT2D eigenvalue weighted by atomic mass is 10.0. The first-order valence-electron chi connectivity index (χ1n) is 6.87. The van der Waals surface area contributed by atoms with E-state index in [0.717, 1.165) is 16.3 Å². The van der Waals surface area contributed by atoms with E-state index in [-0.39, 0.29) is 28.6 Å². The lowest BCUT2D eigenvalue weighted by Gasteiger charge is -2.05. The molecule has 1 aromatic heterocycles. The second-order valence-corrected chi connectivity index (χ2v) is 5.87.